The normalized spacial score (nSPS) is 22.1. The van der Waals surface area contributed by atoms with Crippen LogP contribution in [0.1, 0.15) is 71.1 Å². The number of aliphatic imine (C=N–C) groups is 1. The van der Waals surface area contributed by atoms with Gasteiger partial charge < -0.3 is 66.9 Å². The number of hydrogen-bond acceptors (Lipinski definition) is 16. The summed E-state index contributed by atoms with van der Waals surface area (Å²) in [7, 11) is 3.31. The third-order valence-electron chi connectivity index (χ3n) is 13.4. The Balaban J connectivity index is 1.52. The van der Waals surface area contributed by atoms with Crippen LogP contribution >= 0.6 is 0 Å². The molecule has 1 saturated carbocycles. The number of carboxylic acids is 3. The van der Waals surface area contributed by atoms with Crippen LogP contribution < -0.4 is 21.7 Å². The van der Waals surface area contributed by atoms with E-state index in [1.54, 1.807) is 45.6 Å². The van der Waals surface area contributed by atoms with E-state index in [0.29, 0.717) is 70.5 Å². The second kappa shape index (κ2) is 31.4. The van der Waals surface area contributed by atoms with E-state index in [9.17, 15) is 68.8 Å². The van der Waals surface area contributed by atoms with E-state index >= 15 is 0 Å². The molecular weight excluding hydrogens is 943 g/mol. The fourth-order valence-corrected chi connectivity index (χ4v) is 9.12. The minimum atomic E-state index is -1.81. The maximum Gasteiger partial charge on any atom is 0.475 e. The number of carbonyl (C=O) groups excluding carboxylic acids is 5. The quantitative estimate of drug-likeness (QED) is 0.0179. The first-order chi connectivity index (χ1) is 34.0. The molecule has 1 aliphatic carbocycles. The Morgan fingerprint density at radius 2 is 1.24 bits per heavy atom. The molecule has 0 aromatic rings. The highest BCUT2D eigenvalue weighted by Crippen LogP contribution is 2.29. The summed E-state index contributed by atoms with van der Waals surface area (Å²) in [6.07, 6.45) is 3.56. The number of hydrogen-bond donors (Lipinski definition) is 10. The van der Waals surface area contributed by atoms with Crippen molar-refractivity contribution in [2.75, 3.05) is 126 Å². The SMILES string of the molecule is C[C@@H](NC(=O)C1CCC(CNC(=O)CCCCN(C)C(=O)[C@H](CCCN=C(N)N(C)C)NC(=O)CN2CCN(CC(=O)O)CCN(CC(=O)O)CCN(CC(=O)O)CC2)CC1)C(=O)N1C[C@@H](O)C[C@H]1B(O)O. The number of carbonyl (C=O) groups is 8. The van der Waals surface area contributed by atoms with Crippen LogP contribution in [0.2, 0.25) is 0 Å². The van der Waals surface area contributed by atoms with Crippen molar-refractivity contribution in [3.8, 4) is 0 Å². The van der Waals surface area contributed by atoms with Gasteiger partial charge in [-0.25, -0.2) is 0 Å². The summed E-state index contributed by atoms with van der Waals surface area (Å²) in [6.45, 7) is 3.22. The zero-order valence-corrected chi connectivity index (χ0v) is 42.5. The van der Waals surface area contributed by atoms with Crippen LogP contribution in [-0.2, 0) is 38.4 Å². The van der Waals surface area contributed by atoms with Crippen molar-refractivity contribution in [2.45, 2.75) is 95.3 Å². The van der Waals surface area contributed by atoms with Gasteiger partial charge in [-0.3, -0.25) is 62.9 Å². The number of carboxylic acid groups (broad SMARTS) is 3. The lowest BCUT2D eigenvalue weighted by Crippen LogP contribution is -2.53. The molecular formula is C45H81BN12O14. The Morgan fingerprint density at radius 3 is 1.72 bits per heavy atom. The Hall–Kier alpha value is -5.19. The standard InChI is InChI=1S/C45H81BN12O14/c1-31(43(69)58-26-34(59)24-36(58)46(71)72)50-42(68)33-12-10-32(11-13-33)25-49-37(60)9-5-6-15-53(4)44(70)35(8-7-14-48-45(47)52(2)3)51-38(61)27-54-16-18-55(28-39(62)63)20-22-57(30-41(66)67)23-21-56(19-17-54)29-40(64)65/h31-36,59,71-72H,5-30H2,1-4H3,(H2,47,48)(H,49,60)(H,50,68)(H,51,61)(H,62,63)(H,64,65)(H,66,67)/t31-,32?,33?,34+,35+,36+/m1/s1. The van der Waals surface area contributed by atoms with Gasteiger partial charge in [-0.1, -0.05) is 0 Å². The van der Waals surface area contributed by atoms with Crippen molar-refractivity contribution in [3.05, 3.63) is 0 Å². The lowest BCUT2D eigenvalue weighted by atomic mass is 9.77. The summed E-state index contributed by atoms with van der Waals surface area (Å²) < 4.78 is 0. The minimum absolute atomic E-state index is 0.0341. The first-order valence-corrected chi connectivity index (χ1v) is 25.0. The number of nitrogens with zero attached hydrogens (tertiary/aromatic N) is 8. The minimum Gasteiger partial charge on any atom is -0.480 e. The Morgan fingerprint density at radius 1 is 0.722 bits per heavy atom. The summed E-state index contributed by atoms with van der Waals surface area (Å²) in [5.74, 6) is -5.73. The van der Waals surface area contributed by atoms with Crippen LogP contribution in [0, 0.1) is 11.8 Å². The van der Waals surface area contributed by atoms with Gasteiger partial charge in [0.15, 0.2) is 5.96 Å². The summed E-state index contributed by atoms with van der Waals surface area (Å²) in [6, 6.07) is -1.85. The number of nitrogens with one attached hydrogen (secondary N) is 3. The molecule has 11 N–H and O–H groups in total. The summed E-state index contributed by atoms with van der Waals surface area (Å²) in [5, 5.41) is 66.4. The van der Waals surface area contributed by atoms with Crippen molar-refractivity contribution in [1.82, 2.24) is 50.2 Å². The van der Waals surface area contributed by atoms with E-state index in [1.165, 1.54) is 16.7 Å². The Labute approximate surface area is 422 Å². The second-order valence-electron chi connectivity index (χ2n) is 19.5. The van der Waals surface area contributed by atoms with Gasteiger partial charge in [-0.05, 0) is 70.6 Å². The number of unbranched alkanes of at least 4 members (excludes halogenated alkanes) is 1. The molecule has 2 aliphatic heterocycles. The third kappa shape index (κ3) is 22.7. The molecule has 3 fully saturated rings. The molecule has 0 spiro atoms. The molecule has 408 valence electrons. The van der Waals surface area contributed by atoms with Gasteiger partial charge in [0.25, 0.3) is 0 Å². The third-order valence-corrected chi connectivity index (χ3v) is 13.4. The molecule has 3 rings (SSSR count). The monoisotopic (exact) mass is 1020 g/mol. The maximum atomic E-state index is 13.9. The van der Waals surface area contributed by atoms with Crippen LogP contribution in [0.25, 0.3) is 0 Å². The molecule has 4 atom stereocenters. The predicted molar refractivity (Wildman–Crippen MR) is 264 cm³/mol. The van der Waals surface area contributed by atoms with E-state index < -0.39 is 61.0 Å². The molecule has 0 aromatic carbocycles. The lowest BCUT2D eigenvalue weighted by molar-refractivity contribution is -0.140. The number of aliphatic carboxylic acids is 3. The van der Waals surface area contributed by atoms with Crippen LogP contribution in [0.15, 0.2) is 4.99 Å². The lowest BCUT2D eigenvalue weighted by Gasteiger charge is -2.33. The molecule has 0 unspecified atom stereocenters. The molecule has 72 heavy (non-hydrogen) atoms. The number of aliphatic hydroxyl groups is 1. The van der Waals surface area contributed by atoms with E-state index in [2.05, 4.69) is 20.9 Å². The number of β-amino-alcohol motifs (C(OH)–C–C–N with tert-alkyl or cyclic N) is 1. The molecule has 5 amide bonds. The number of likely N-dealkylation sites (tertiary alicyclic amines) is 1. The van der Waals surface area contributed by atoms with Gasteiger partial charge in [-0.2, -0.15) is 0 Å². The smallest absolute Gasteiger partial charge is 0.475 e. The largest absolute Gasteiger partial charge is 0.480 e. The van der Waals surface area contributed by atoms with Crippen LogP contribution in [0.5, 0.6) is 0 Å². The van der Waals surface area contributed by atoms with Crippen molar-refractivity contribution in [1.29, 1.82) is 0 Å². The van der Waals surface area contributed by atoms with Crippen molar-refractivity contribution >= 4 is 60.5 Å². The average Bonchev–Trinajstić information content (AvgIpc) is 3.72. The van der Waals surface area contributed by atoms with E-state index in [-0.39, 0.29) is 134 Å². The summed E-state index contributed by atoms with van der Waals surface area (Å²) >= 11 is 0. The second-order valence-corrected chi connectivity index (χ2v) is 19.5. The number of aliphatic hydroxyl groups excluding tert-OH is 1. The number of likely N-dealkylation sites (N-methyl/N-ethyl adjacent to an activating group) is 1. The molecule has 0 aromatic heterocycles. The number of nitrogens with two attached hydrogens (primary N) is 1. The van der Waals surface area contributed by atoms with Gasteiger partial charge in [0.2, 0.25) is 29.5 Å². The fraction of sp³-hybridized carbons (Fsp3) is 0.800. The van der Waals surface area contributed by atoms with Crippen LogP contribution in [-0.4, -0.2) is 275 Å². The molecule has 27 heteroatoms. The average molecular weight is 1030 g/mol. The summed E-state index contributed by atoms with van der Waals surface area (Å²) in [5.41, 5.74) is 5.96. The molecule has 0 radical (unpaired) electrons. The fourth-order valence-electron chi connectivity index (χ4n) is 9.12. The van der Waals surface area contributed by atoms with Gasteiger partial charge in [0, 0.05) is 112 Å². The van der Waals surface area contributed by atoms with Crippen molar-refractivity contribution in [3.63, 3.8) is 0 Å². The van der Waals surface area contributed by atoms with Crippen LogP contribution in [0.4, 0.5) is 0 Å². The zero-order chi connectivity index (χ0) is 53.5. The topological polar surface area (TPSA) is 355 Å². The first-order valence-electron chi connectivity index (χ1n) is 25.0. The molecule has 0 bridgehead atoms. The first kappa shape index (κ1) is 61.1. The molecule has 3 aliphatic rings. The van der Waals surface area contributed by atoms with Gasteiger partial charge in [0.1, 0.15) is 12.1 Å². The highest BCUT2D eigenvalue weighted by Gasteiger charge is 2.43. The van der Waals surface area contributed by atoms with Crippen molar-refractivity contribution < 1.29 is 68.8 Å². The number of guanidine groups is 1. The van der Waals surface area contributed by atoms with E-state index in [4.69, 9.17) is 5.73 Å². The van der Waals surface area contributed by atoms with Gasteiger partial charge in [0.05, 0.1) is 38.2 Å². The number of rotatable bonds is 25. The predicted octanol–water partition coefficient (Wildman–Crippen LogP) is -4.37. The summed E-state index contributed by atoms with van der Waals surface area (Å²) in [4.78, 5) is 117. The molecule has 26 nitrogen and oxygen atoms in total. The number of amides is 5. The highest BCUT2D eigenvalue weighted by atomic mass is 16.4. The maximum absolute atomic E-state index is 13.9. The van der Waals surface area contributed by atoms with Crippen molar-refractivity contribution in [2.24, 2.45) is 22.6 Å². The molecule has 2 heterocycles. The van der Waals surface area contributed by atoms with E-state index in [0.717, 1.165) is 0 Å². The Kier molecular flexibility index (Phi) is 26.7. The van der Waals surface area contributed by atoms with Gasteiger partial charge in [-0.15, -0.1) is 0 Å². The highest BCUT2D eigenvalue weighted by molar-refractivity contribution is 6.43. The molecule has 2 saturated heterocycles. The Bertz CT molecular complexity index is 1790. The van der Waals surface area contributed by atoms with Gasteiger partial charge >= 0.3 is 25.0 Å². The van der Waals surface area contributed by atoms with Crippen LogP contribution in [0.3, 0.4) is 0 Å². The zero-order valence-electron chi connectivity index (χ0n) is 42.5. The van der Waals surface area contributed by atoms with E-state index in [1.807, 2.05) is 0 Å².